The maximum absolute atomic E-state index is 5.05. The van der Waals surface area contributed by atoms with Crippen molar-refractivity contribution in [3.8, 4) is 11.4 Å². The molecule has 0 saturated carbocycles. The lowest BCUT2D eigenvalue weighted by Crippen LogP contribution is -2.47. The molecule has 1 aliphatic rings. The van der Waals surface area contributed by atoms with E-state index in [-0.39, 0.29) is 6.04 Å². The van der Waals surface area contributed by atoms with Gasteiger partial charge in [0.15, 0.2) is 5.82 Å². The van der Waals surface area contributed by atoms with Crippen molar-refractivity contribution in [2.45, 2.75) is 6.04 Å². The third-order valence-corrected chi connectivity index (χ3v) is 5.54. The number of fused-ring (bicyclic) bond motifs is 1. The molecule has 0 aliphatic carbocycles. The zero-order valence-corrected chi connectivity index (χ0v) is 16.4. The Kier molecular flexibility index (Phi) is 4.66. The summed E-state index contributed by atoms with van der Waals surface area (Å²) >= 11 is 0. The summed E-state index contributed by atoms with van der Waals surface area (Å²) in [5.41, 5.74) is 3.21. The first-order valence-electron chi connectivity index (χ1n) is 9.97. The number of pyridine rings is 1. The van der Waals surface area contributed by atoms with E-state index in [0.717, 1.165) is 47.7 Å². The van der Waals surface area contributed by atoms with Gasteiger partial charge in [-0.15, -0.1) is 0 Å². The van der Waals surface area contributed by atoms with Crippen LogP contribution in [-0.4, -0.2) is 46.5 Å². The number of hydrogen-bond acceptors (Lipinski definition) is 5. The van der Waals surface area contributed by atoms with E-state index in [2.05, 4.69) is 70.4 Å². The molecule has 29 heavy (non-hydrogen) atoms. The molecule has 3 heterocycles. The van der Waals surface area contributed by atoms with E-state index in [1.807, 2.05) is 24.4 Å². The Morgan fingerprint density at radius 1 is 0.862 bits per heavy atom. The van der Waals surface area contributed by atoms with Gasteiger partial charge in [0, 0.05) is 43.0 Å². The van der Waals surface area contributed by atoms with Crippen LogP contribution >= 0.6 is 0 Å². The number of rotatable bonds is 3. The molecule has 4 aromatic rings. The fourth-order valence-corrected chi connectivity index (χ4v) is 4.04. The van der Waals surface area contributed by atoms with E-state index < -0.39 is 0 Å². The molecule has 1 fully saturated rings. The third kappa shape index (κ3) is 3.45. The van der Waals surface area contributed by atoms with Gasteiger partial charge >= 0.3 is 0 Å². The zero-order chi connectivity index (χ0) is 19.6. The predicted molar refractivity (Wildman–Crippen MR) is 117 cm³/mol. The number of hydrogen-bond donors (Lipinski definition) is 0. The first-order chi connectivity index (χ1) is 14.3. The first-order valence-corrected chi connectivity index (χ1v) is 9.97. The Labute approximate surface area is 170 Å². The summed E-state index contributed by atoms with van der Waals surface area (Å²) in [4.78, 5) is 19.0. The normalized spacial score (nSPS) is 17.6. The van der Waals surface area contributed by atoms with Crippen molar-refractivity contribution in [2.24, 2.45) is 0 Å². The minimum atomic E-state index is 0.245. The molecule has 1 aliphatic heterocycles. The van der Waals surface area contributed by atoms with Gasteiger partial charge < -0.3 is 9.80 Å². The van der Waals surface area contributed by atoms with Crippen LogP contribution in [0.25, 0.3) is 22.3 Å². The van der Waals surface area contributed by atoms with E-state index in [9.17, 15) is 0 Å². The lowest BCUT2D eigenvalue weighted by atomic mass is 10.0. The fraction of sp³-hybridized carbons (Fsp3) is 0.208. The molecule has 0 radical (unpaired) electrons. The average Bonchev–Trinajstić information content (AvgIpc) is 2.79. The Balaban J connectivity index is 1.68. The van der Waals surface area contributed by atoms with Gasteiger partial charge in [-0.3, -0.25) is 4.98 Å². The Hall–Kier alpha value is -3.31. The average molecular weight is 381 g/mol. The fourth-order valence-electron chi connectivity index (χ4n) is 4.04. The van der Waals surface area contributed by atoms with Gasteiger partial charge in [0.2, 0.25) is 0 Å². The molecule has 5 heteroatoms. The van der Waals surface area contributed by atoms with Gasteiger partial charge in [-0.25, -0.2) is 9.97 Å². The molecule has 0 bridgehead atoms. The van der Waals surface area contributed by atoms with Gasteiger partial charge in [-0.05, 0) is 36.9 Å². The second kappa shape index (κ2) is 7.60. The highest BCUT2D eigenvalue weighted by atomic mass is 15.3. The molecular weight excluding hydrogens is 358 g/mol. The minimum Gasteiger partial charge on any atom is -0.346 e. The lowest BCUT2D eigenvalue weighted by Gasteiger charge is -2.41. The van der Waals surface area contributed by atoms with Crippen LogP contribution < -0.4 is 4.90 Å². The van der Waals surface area contributed by atoms with Gasteiger partial charge in [0.1, 0.15) is 5.82 Å². The van der Waals surface area contributed by atoms with Crippen LogP contribution in [0, 0.1) is 0 Å². The van der Waals surface area contributed by atoms with Crippen molar-refractivity contribution in [3.63, 3.8) is 0 Å². The standard InChI is InChI=1S/C24H23N5/c1-28-14-15-29(22(17-28)18-8-3-2-4-9-18)24-20-11-5-6-12-21(20)26-23(27-24)19-10-7-13-25-16-19/h2-13,16,22H,14-15,17H2,1H3/t22-/m1/s1. The summed E-state index contributed by atoms with van der Waals surface area (Å²) in [5.74, 6) is 1.72. The molecule has 144 valence electrons. The number of piperazine rings is 1. The summed E-state index contributed by atoms with van der Waals surface area (Å²) in [6.07, 6.45) is 3.60. The number of benzene rings is 2. The lowest BCUT2D eigenvalue weighted by molar-refractivity contribution is 0.268. The van der Waals surface area contributed by atoms with Crippen LogP contribution in [0.3, 0.4) is 0 Å². The van der Waals surface area contributed by atoms with Crippen LogP contribution in [-0.2, 0) is 0 Å². The molecule has 2 aromatic heterocycles. The van der Waals surface area contributed by atoms with Crippen LogP contribution in [0.4, 0.5) is 5.82 Å². The SMILES string of the molecule is CN1CCN(c2nc(-c3cccnc3)nc3ccccc23)[C@@H](c2ccccc2)C1. The largest absolute Gasteiger partial charge is 0.346 e. The van der Waals surface area contributed by atoms with Crippen LogP contribution in [0.1, 0.15) is 11.6 Å². The molecule has 2 aromatic carbocycles. The maximum atomic E-state index is 5.05. The molecule has 0 unspecified atom stereocenters. The summed E-state index contributed by atoms with van der Waals surface area (Å²) < 4.78 is 0. The van der Waals surface area contributed by atoms with E-state index in [0.29, 0.717) is 0 Å². The van der Waals surface area contributed by atoms with Crippen LogP contribution in [0.5, 0.6) is 0 Å². The molecule has 1 saturated heterocycles. The number of nitrogens with zero attached hydrogens (tertiary/aromatic N) is 5. The molecule has 1 atom stereocenters. The zero-order valence-electron chi connectivity index (χ0n) is 16.4. The first kappa shape index (κ1) is 17.8. The summed E-state index contributed by atoms with van der Waals surface area (Å²) in [6.45, 7) is 2.89. The predicted octanol–water partition coefficient (Wildman–Crippen LogP) is 4.18. The van der Waals surface area contributed by atoms with Gasteiger partial charge in [0.25, 0.3) is 0 Å². The van der Waals surface area contributed by atoms with Crippen molar-refractivity contribution in [1.82, 2.24) is 19.9 Å². The van der Waals surface area contributed by atoms with E-state index in [1.54, 1.807) is 6.20 Å². The number of aromatic nitrogens is 3. The summed E-state index contributed by atoms with van der Waals surface area (Å²) in [6, 6.07) is 23.2. The van der Waals surface area contributed by atoms with Gasteiger partial charge in [-0.1, -0.05) is 42.5 Å². The second-order valence-electron chi connectivity index (χ2n) is 7.51. The van der Waals surface area contributed by atoms with E-state index in [1.165, 1.54) is 5.56 Å². The van der Waals surface area contributed by atoms with E-state index >= 15 is 0 Å². The highest BCUT2D eigenvalue weighted by Gasteiger charge is 2.29. The molecular formula is C24H23N5. The molecule has 5 nitrogen and oxygen atoms in total. The van der Waals surface area contributed by atoms with E-state index in [4.69, 9.17) is 9.97 Å². The van der Waals surface area contributed by atoms with Crippen molar-refractivity contribution in [2.75, 3.05) is 31.6 Å². The van der Waals surface area contributed by atoms with Crippen molar-refractivity contribution < 1.29 is 0 Å². The number of anilines is 1. The topological polar surface area (TPSA) is 45.2 Å². The Morgan fingerprint density at radius 3 is 2.52 bits per heavy atom. The number of para-hydroxylation sites is 1. The van der Waals surface area contributed by atoms with Crippen LogP contribution in [0.15, 0.2) is 79.1 Å². The smallest absolute Gasteiger partial charge is 0.163 e. The Bertz CT molecular complexity index is 1110. The highest BCUT2D eigenvalue weighted by molar-refractivity contribution is 5.91. The van der Waals surface area contributed by atoms with Crippen LogP contribution in [0.2, 0.25) is 0 Å². The monoisotopic (exact) mass is 381 g/mol. The van der Waals surface area contributed by atoms with Crippen molar-refractivity contribution in [3.05, 3.63) is 84.7 Å². The quantitative estimate of drug-likeness (QED) is 0.533. The third-order valence-electron chi connectivity index (χ3n) is 5.54. The van der Waals surface area contributed by atoms with Crippen molar-refractivity contribution in [1.29, 1.82) is 0 Å². The Morgan fingerprint density at radius 2 is 1.69 bits per heavy atom. The van der Waals surface area contributed by atoms with Crippen molar-refractivity contribution >= 4 is 16.7 Å². The van der Waals surface area contributed by atoms with Gasteiger partial charge in [-0.2, -0.15) is 0 Å². The maximum Gasteiger partial charge on any atom is 0.163 e. The minimum absolute atomic E-state index is 0.245. The highest BCUT2D eigenvalue weighted by Crippen LogP contribution is 2.34. The molecule has 0 amide bonds. The molecule has 0 spiro atoms. The number of likely N-dealkylation sites (N-methyl/N-ethyl adjacent to an activating group) is 1. The summed E-state index contributed by atoms with van der Waals surface area (Å²) in [5, 5.41) is 1.09. The second-order valence-corrected chi connectivity index (χ2v) is 7.51. The molecule has 0 N–H and O–H groups in total. The molecule has 5 rings (SSSR count). The summed E-state index contributed by atoms with van der Waals surface area (Å²) in [7, 11) is 2.19. The van der Waals surface area contributed by atoms with Gasteiger partial charge in [0.05, 0.1) is 11.6 Å².